The molecule has 7 nitrogen and oxygen atoms in total. The van der Waals surface area contributed by atoms with Gasteiger partial charge < -0.3 is 14.4 Å². The van der Waals surface area contributed by atoms with Crippen molar-refractivity contribution in [1.29, 1.82) is 0 Å². The molecule has 0 radical (unpaired) electrons. The summed E-state index contributed by atoms with van der Waals surface area (Å²) in [5, 5.41) is 0. The summed E-state index contributed by atoms with van der Waals surface area (Å²) in [6, 6.07) is 13.2. The molecule has 0 spiro atoms. The molecule has 0 unspecified atom stereocenters. The lowest BCUT2D eigenvalue weighted by molar-refractivity contribution is 0.0711. The molecule has 28 heavy (non-hydrogen) atoms. The highest BCUT2D eigenvalue weighted by Gasteiger charge is 2.27. The van der Waals surface area contributed by atoms with E-state index >= 15 is 0 Å². The van der Waals surface area contributed by atoms with Crippen LogP contribution < -0.4 is 14.2 Å². The quantitative estimate of drug-likeness (QED) is 0.799. The van der Waals surface area contributed by atoms with E-state index in [4.69, 9.17) is 9.47 Å². The number of rotatable bonds is 6. The van der Waals surface area contributed by atoms with Crippen molar-refractivity contribution in [3.8, 4) is 11.5 Å². The van der Waals surface area contributed by atoms with Crippen LogP contribution >= 0.6 is 0 Å². The van der Waals surface area contributed by atoms with Gasteiger partial charge in [0.15, 0.2) is 11.5 Å². The Morgan fingerprint density at radius 3 is 2.25 bits per heavy atom. The summed E-state index contributed by atoms with van der Waals surface area (Å²) in [6.07, 6.45) is 1.12. The monoisotopic (exact) mass is 404 g/mol. The number of likely N-dealkylation sites (tertiary alicyclic amines) is 1. The van der Waals surface area contributed by atoms with E-state index in [0.29, 0.717) is 43.0 Å². The van der Waals surface area contributed by atoms with Gasteiger partial charge in [-0.3, -0.25) is 4.79 Å². The summed E-state index contributed by atoms with van der Waals surface area (Å²) in [6.45, 7) is 0.963. The normalized spacial score (nSPS) is 15.3. The van der Waals surface area contributed by atoms with Crippen LogP contribution in [0.5, 0.6) is 11.5 Å². The highest BCUT2D eigenvalue weighted by Crippen LogP contribution is 2.28. The van der Waals surface area contributed by atoms with Gasteiger partial charge >= 0.3 is 0 Å². The maximum absolute atomic E-state index is 12.8. The molecule has 3 rings (SSSR count). The molecule has 0 aromatic heterocycles. The standard InChI is InChI=1S/C20H24N2O5S/c1-26-18-9-8-15(14-19(18)27-2)20(23)22-12-10-16(11-13-22)21-28(24,25)17-6-4-3-5-7-17/h3-9,14,16,21H,10-13H2,1-2H3. The van der Waals surface area contributed by atoms with Gasteiger partial charge in [0.25, 0.3) is 5.91 Å². The number of carbonyl (C=O) groups is 1. The number of methoxy groups -OCH3 is 2. The molecule has 2 aromatic carbocycles. The van der Waals surface area contributed by atoms with Crippen molar-refractivity contribution in [3.05, 3.63) is 54.1 Å². The number of benzene rings is 2. The lowest BCUT2D eigenvalue weighted by Gasteiger charge is -2.32. The van der Waals surface area contributed by atoms with E-state index in [1.165, 1.54) is 7.11 Å². The second-order valence-corrected chi connectivity index (χ2v) is 8.28. The number of nitrogens with zero attached hydrogens (tertiary/aromatic N) is 1. The van der Waals surface area contributed by atoms with E-state index in [1.54, 1.807) is 60.5 Å². The molecule has 1 N–H and O–H groups in total. The molecule has 1 saturated heterocycles. The van der Waals surface area contributed by atoms with Crippen LogP contribution in [0.3, 0.4) is 0 Å². The summed E-state index contributed by atoms with van der Waals surface area (Å²) < 4.78 is 38.1. The Balaban J connectivity index is 1.61. The Kier molecular flexibility index (Phi) is 6.21. The molecule has 0 aliphatic carbocycles. The molecule has 2 aromatic rings. The zero-order valence-electron chi connectivity index (χ0n) is 15.9. The predicted octanol–water partition coefficient (Wildman–Crippen LogP) is 2.29. The van der Waals surface area contributed by atoms with Crippen molar-refractivity contribution in [3.63, 3.8) is 0 Å². The largest absolute Gasteiger partial charge is 0.493 e. The second kappa shape index (κ2) is 8.62. The van der Waals surface area contributed by atoms with Crippen LogP contribution in [0.25, 0.3) is 0 Å². The van der Waals surface area contributed by atoms with E-state index in [9.17, 15) is 13.2 Å². The first kappa shape index (κ1) is 20.2. The first-order valence-electron chi connectivity index (χ1n) is 9.03. The molecule has 1 aliphatic heterocycles. The molecule has 0 bridgehead atoms. The Bertz CT molecular complexity index is 923. The van der Waals surface area contributed by atoms with Gasteiger partial charge in [-0.2, -0.15) is 0 Å². The number of hydrogen-bond donors (Lipinski definition) is 1. The van der Waals surface area contributed by atoms with E-state index in [1.807, 2.05) is 0 Å². The first-order valence-corrected chi connectivity index (χ1v) is 10.5. The van der Waals surface area contributed by atoms with Crippen molar-refractivity contribution in [2.75, 3.05) is 27.3 Å². The van der Waals surface area contributed by atoms with Crippen LogP contribution in [0.1, 0.15) is 23.2 Å². The number of hydrogen-bond acceptors (Lipinski definition) is 5. The fraction of sp³-hybridized carbons (Fsp3) is 0.350. The average molecular weight is 404 g/mol. The topological polar surface area (TPSA) is 84.9 Å². The van der Waals surface area contributed by atoms with Crippen LogP contribution in [0.4, 0.5) is 0 Å². The summed E-state index contributed by atoms with van der Waals surface area (Å²) in [7, 11) is -0.484. The van der Waals surface area contributed by atoms with E-state index in [2.05, 4.69) is 4.72 Å². The summed E-state index contributed by atoms with van der Waals surface area (Å²) in [5.74, 6) is 0.956. The highest BCUT2D eigenvalue weighted by atomic mass is 32.2. The SMILES string of the molecule is COc1ccc(C(=O)N2CCC(NS(=O)(=O)c3ccccc3)CC2)cc1OC. The molecule has 1 amide bonds. The number of carbonyl (C=O) groups excluding carboxylic acids is 1. The van der Waals surface area contributed by atoms with Gasteiger partial charge in [0, 0.05) is 24.7 Å². The minimum atomic E-state index is -3.55. The predicted molar refractivity (Wildman–Crippen MR) is 105 cm³/mol. The van der Waals surface area contributed by atoms with Crippen molar-refractivity contribution in [2.24, 2.45) is 0 Å². The third-order valence-electron chi connectivity index (χ3n) is 4.79. The van der Waals surface area contributed by atoms with Gasteiger partial charge in [0.2, 0.25) is 10.0 Å². The van der Waals surface area contributed by atoms with E-state index in [-0.39, 0.29) is 16.8 Å². The number of ether oxygens (including phenoxy) is 2. The Hall–Kier alpha value is -2.58. The van der Waals surface area contributed by atoms with Gasteiger partial charge in [-0.15, -0.1) is 0 Å². The number of sulfonamides is 1. The van der Waals surface area contributed by atoms with E-state index in [0.717, 1.165) is 0 Å². The molecule has 1 aliphatic rings. The molecular weight excluding hydrogens is 380 g/mol. The fourth-order valence-electron chi connectivity index (χ4n) is 3.24. The molecule has 0 saturated carbocycles. The summed E-state index contributed by atoms with van der Waals surface area (Å²) >= 11 is 0. The summed E-state index contributed by atoms with van der Waals surface area (Å²) in [5.41, 5.74) is 0.515. The molecule has 0 atom stereocenters. The molecule has 8 heteroatoms. The Morgan fingerprint density at radius 2 is 1.64 bits per heavy atom. The highest BCUT2D eigenvalue weighted by molar-refractivity contribution is 7.89. The van der Waals surface area contributed by atoms with Gasteiger partial charge in [-0.05, 0) is 43.2 Å². The maximum atomic E-state index is 12.8. The van der Waals surface area contributed by atoms with Crippen molar-refractivity contribution < 1.29 is 22.7 Å². The average Bonchev–Trinajstić information content (AvgIpc) is 2.73. The molecular formula is C20H24N2O5S. The smallest absolute Gasteiger partial charge is 0.253 e. The van der Waals surface area contributed by atoms with Gasteiger partial charge in [0.05, 0.1) is 19.1 Å². The third-order valence-corrected chi connectivity index (χ3v) is 6.32. The number of amides is 1. The molecule has 1 heterocycles. The van der Waals surface area contributed by atoms with Crippen LogP contribution in [0.2, 0.25) is 0 Å². The Labute approximate surface area is 165 Å². The van der Waals surface area contributed by atoms with Gasteiger partial charge in [-0.1, -0.05) is 18.2 Å². The third kappa shape index (κ3) is 4.45. The van der Waals surface area contributed by atoms with Crippen molar-refractivity contribution in [2.45, 2.75) is 23.8 Å². The lowest BCUT2D eigenvalue weighted by Crippen LogP contribution is -2.46. The fourth-order valence-corrected chi connectivity index (χ4v) is 4.57. The van der Waals surface area contributed by atoms with Crippen LogP contribution in [-0.2, 0) is 10.0 Å². The zero-order valence-corrected chi connectivity index (χ0v) is 16.7. The maximum Gasteiger partial charge on any atom is 0.253 e. The van der Waals surface area contributed by atoms with Crippen molar-refractivity contribution in [1.82, 2.24) is 9.62 Å². The van der Waals surface area contributed by atoms with Crippen LogP contribution in [0.15, 0.2) is 53.4 Å². The van der Waals surface area contributed by atoms with Gasteiger partial charge in [0.1, 0.15) is 0 Å². The minimum absolute atomic E-state index is 0.106. The number of piperidine rings is 1. The number of nitrogens with one attached hydrogen (secondary N) is 1. The van der Waals surface area contributed by atoms with Gasteiger partial charge in [-0.25, -0.2) is 13.1 Å². The molecule has 150 valence electrons. The van der Waals surface area contributed by atoms with Crippen LogP contribution in [-0.4, -0.2) is 52.6 Å². The lowest BCUT2D eigenvalue weighted by atomic mass is 10.0. The van der Waals surface area contributed by atoms with E-state index < -0.39 is 10.0 Å². The second-order valence-electron chi connectivity index (χ2n) is 6.57. The van der Waals surface area contributed by atoms with Crippen molar-refractivity contribution >= 4 is 15.9 Å². The first-order chi connectivity index (χ1) is 13.4. The molecule has 1 fully saturated rings. The Morgan fingerprint density at radius 1 is 1.00 bits per heavy atom. The minimum Gasteiger partial charge on any atom is -0.493 e. The van der Waals surface area contributed by atoms with Crippen LogP contribution in [0, 0.1) is 0 Å². The zero-order chi connectivity index (χ0) is 20.1. The summed E-state index contributed by atoms with van der Waals surface area (Å²) in [4.78, 5) is 14.8.